The molecule has 1 unspecified atom stereocenters. The van der Waals surface area contributed by atoms with Crippen LogP contribution in [0.15, 0.2) is 48.5 Å². The van der Waals surface area contributed by atoms with Gasteiger partial charge in [-0.05, 0) is 101 Å². The molecule has 4 aliphatic rings. The third-order valence-corrected chi connectivity index (χ3v) is 13.2. The molecule has 2 saturated heterocycles. The van der Waals surface area contributed by atoms with Gasteiger partial charge in [0.2, 0.25) is 11.8 Å². The number of carbonyl (C=O) groups is 5. The number of amides is 5. The van der Waals surface area contributed by atoms with Gasteiger partial charge < -0.3 is 20.5 Å². The number of fused-ring (bicyclic) bond motifs is 2. The maximum Gasteiger partial charge on any atom is 0.274 e. The molecule has 0 radical (unpaired) electrons. The number of hydrogen-bond donors (Lipinski definition) is 4. The lowest BCUT2D eigenvalue weighted by atomic mass is 9.82. The molecule has 1 aliphatic carbocycles. The molecule has 1 saturated carbocycles. The fraction of sp³-hybridized carbons (Fsp3) is 0.455. The van der Waals surface area contributed by atoms with Gasteiger partial charge in [0.05, 0.1) is 44.7 Å². The Morgan fingerprint density at radius 3 is 2.60 bits per heavy atom. The van der Waals surface area contributed by atoms with Gasteiger partial charge in [-0.25, -0.2) is 9.97 Å². The lowest BCUT2D eigenvalue weighted by Crippen LogP contribution is -2.54. The molecule has 5 amide bonds. The molecule has 0 spiro atoms. The van der Waals surface area contributed by atoms with Crippen molar-refractivity contribution in [3.63, 3.8) is 0 Å². The molecule has 2 aromatic heterocycles. The topological polar surface area (TPSA) is 207 Å². The molecule has 8 rings (SSSR count). The van der Waals surface area contributed by atoms with E-state index in [0.717, 1.165) is 78.3 Å². The minimum absolute atomic E-state index is 0.0731. The molecule has 5 heterocycles. The van der Waals surface area contributed by atoms with Crippen molar-refractivity contribution in [1.29, 1.82) is 5.26 Å². The van der Waals surface area contributed by atoms with Crippen LogP contribution in [-0.2, 0) is 19.9 Å². The van der Waals surface area contributed by atoms with Gasteiger partial charge in [0.1, 0.15) is 23.5 Å². The smallest absolute Gasteiger partial charge is 0.274 e. The number of ether oxygens (including phenoxy) is 1. The summed E-state index contributed by atoms with van der Waals surface area (Å²) in [6.45, 7) is 7.37. The van der Waals surface area contributed by atoms with Crippen molar-refractivity contribution < 1.29 is 33.8 Å². The number of pyridine rings is 1. The predicted octanol–water partition coefficient (Wildman–Crippen LogP) is 5.31. The maximum atomic E-state index is 13.4. The summed E-state index contributed by atoms with van der Waals surface area (Å²) in [6, 6.07) is 14.5. The first-order valence-corrected chi connectivity index (χ1v) is 21.5. The van der Waals surface area contributed by atoms with Crippen LogP contribution in [-0.4, -0.2) is 99.3 Å². The van der Waals surface area contributed by atoms with Gasteiger partial charge >= 0.3 is 0 Å². The standard InChI is InChI=1S/C44H48N8O7S/c1-44(2,58)30-20-34-36(21-33(30)48-39(54)32-10-3-6-27(22-45)47-32)60-41(49-34)26-13-11-25(12-14-26)23-51-18-19-59-28(24-51)7-5-17-46-31-9-4-8-29-38(31)43(57)52(42(29)56)35-15-16-37(53)50-40(35)55/h3-4,6,8-10,20-21,25-26,28,35,46,58H,5,7,11-19,23-24H2,1-2H3,(H,48,54)(H,50,53,55)/t25-,26-,28-,35?/m0/s1. The van der Waals surface area contributed by atoms with Crippen molar-refractivity contribution >= 4 is 62.5 Å². The van der Waals surface area contributed by atoms with E-state index in [2.05, 4.69) is 25.8 Å². The monoisotopic (exact) mass is 832 g/mol. The largest absolute Gasteiger partial charge is 0.386 e. The maximum absolute atomic E-state index is 13.4. The Kier molecular flexibility index (Phi) is 11.8. The summed E-state index contributed by atoms with van der Waals surface area (Å²) in [5.74, 6) is -1.62. The van der Waals surface area contributed by atoms with E-state index < -0.39 is 41.2 Å². The Labute approximate surface area is 351 Å². The molecule has 4 N–H and O–H groups in total. The van der Waals surface area contributed by atoms with Crippen LogP contribution in [0.1, 0.15) is 119 Å². The minimum Gasteiger partial charge on any atom is -0.386 e. The van der Waals surface area contributed by atoms with Crippen molar-refractivity contribution in [2.75, 3.05) is 43.4 Å². The zero-order chi connectivity index (χ0) is 42.1. The highest BCUT2D eigenvalue weighted by Gasteiger charge is 2.45. The Morgan fingerprint density at radius 1 is 1.03 bits per heavy atom. The Hall–Kier alpha value is -5.60. The van der Waals surface area contributed by atoms with Crippen molar-refractivity contribution in [3.8, 4) is 6.07 Å². The highest BCUT2D eigenvalue weighted by Crippen LogP contribution is 2.42. The van der Waals surface area contributed by atoms with E-state index in [0.29, 0.717) is 41.9 Å². The van der Waals surface area contributed by atoms with E-state index in [-0.39, 0.29) is 41.5 Å². The third-order valence-electron chi connectivity index (χ3n) is 12.0. The number of carbonyl (C=O) groups excluding carboxylic acids is 5. The van der Waals surface area contributed by atoms with E-state index in [1.807, 2.05) is 18.2 Å². The third kappa shape index (κ3) is 8.66. The van der Waals surface area contributed by atoms with Gasteiger partial charge in [0.25, 0.3) is 17.7 Å². The predicted molar refractivity (Wildman–Crippen MR) is 223 cm³/mol. The second-order valence-corrected chi connectivity index (χ2v) is 17.7. The first kappa shape index (κ1) is 41.1. The quantitative estimate of drug-likeness (QED) is 0.106. The van der Waals surface area contributed by atoms with Crippen LogP contribution >= 0.6 is 11.3 Å². The van der Waals surface area contributed by atoms with Crippen molar-refractivity contribution in [1.82, 2.24) is 25.1 Å². The summed E-state index contributed by atoms with van der Waals surface area (Å²) < 4.78 is 7.08. The molecule has 2 aromatic carbocycles. The van der Waals surface area contributed by atoms with Crippen LogP contribution in [0.25, 0.3) is 10.2 Å². The first-order valence-electron chi connectivity index (χ1n) is 20.6. The van der Waals surface area contributed by atoms with Gasteiger partial charge in [0, 0.05) is 55.5 Å². The lowest BCUT2D eigenvalue weighted by molar-refractivity contribution is -0.136. The Balaban J connectivity index is 0.818. The van der Waals surface area contributed by atoms with Crippen LogP contribution < -0.4 is 16.0 Å². The second kappa shape index (κ2) is 17.2. The van der Waals surface area contributed by atoms with Crippen molar-refractivity contribution in [2.45, 2.75) is 88.9 Å². The van der Waals surface area contributed by atoms with Crippen LogP contribution in [0.2, 0.25) is 0 Å². The molecule has 2 atom stereocenters. The molecule has 15 nitrogen and oxygen atoms in total. The summed E-state index contributed by atoms with van der Waals surface area (Å²) in [6.07, 6.45) is 6.19. The highest BCUT2D eigenvalue weighted by atomic mass is 32.1. The van der Waals surface area contributed by atoms with Crippen LogP contribution in [0.3, 0.4) is 0 Å². The van der Waals surface area contributed by atoms with Gasteiger partial charge in [-0.2, -0.15) is 5.26 Å². The van der Waals surface area contributed by atoms with Gasteiger partial charge in [-0.15, -0.1) is 11.3 Å². The number of benzene rings is 2. The number of piperidine rings is 1. The number of morpholine rings is 1. The highest BCUT2D eigenvalue weighted by molar-refractivity contribution is 7.18. The number of nitriles is 1. The molecule has 0 bridgehead atoms. The Morgan fingerprint density at radius 2 is 1.83 bits per heavy atom. The summed E-state index contributed by atoms with van der Waals surface area (Å²) in [5.41, 5.74) is 1.92. The fourth-order valence-electron chi connectivity index (χ4n) is 8.88. The van der Waals surface area contributed by atoms with E-state index in [4.69, 9.17) is 9.72 Å². The summed E-state index contributed by atoms with van der Waals surface area (Å²) in [5, 5.41) is 29.8. The number of aliphatic hydroxyl groups is 1. The number of imide groups is 2. The number of nitrogens with zero attached hydrogens (tertiary/aromatic N) is 5. The molecular weight excluding hydrogens is 785 g/mol. The van der Waals surface area contributed by atoms with Gasteiger partial charge in [0.15, 0.2) is 0 Å². The average molecular weight is 833 g/mol. The summed E-state index contributed by atoms with van der Waals surface area (Å²) >= 11 is 1.63. The van der Waals surface area contributed by atoms with Gasteiger partial charge in [-0.1, -0.05) is 12.1 Å². The number of rotatable bonds is 12. The van der Waals surface area contributed by atoms with Crippen LogP contribution in [0.4, 0.5) is 11.4 Å². The Bertz CT molecular complexity index is 2400. The SMILES string of the molecule is CC(C)(O)c1cc2nc([C@H]3CC[C@H](CN4CCO[C@@H](CCCNc5cccc6c5C(=O)N(C5CCC(=O)NC5=O)C6=O)C4)CC3)sc2cc1NC(=O)c1cccc(C#N)n1. The molecule has 3 fully saturated rings. The molecule has 4 aromatic rings. The lowest BCUT2D eigenvalue weighted by Gasteiger charge is -2.37. The van der Waals surface area contributed by atoms with Crippen LogP contribution in [0, 0.1) is 17.2 Å². The number of aromatic nitrogens is 2. The summed E-state index contributed by atoms with van der Waals surface area (Å²) in [7, 11) is 0. The second-order valence-electron chi connectivity index (χ2n) is 16.7. The van der Waals surface area contributed by atoms with E-state index in [1.54, 1.807) is 55.5 Å². The minimum atomic E-state index is -1.24. The van der Waals surface area contributed by atoms with E-state index in [9.17, 15) is 34.3 Å². The van der Waals surface area contributed by atoms with E-state index >= 15 is 0 Å². The zero-order valence-electron chi connectivity index (χ0n) is 33.7. The number of anilines is 2. The average Bonchev–Trinajstić information content (AvgIpc) is 3.76. The fourth-order valence-corrected chi connectivity index (χ4v) is 10.0. The molecule has 60 heavy (non-hydrogen) atoms. The zero-order valence-corrected chi connectivity index (χ0v) is 34.5. The number of hydrogen-bond acceptors (Lipinski definition) is 13. The van der Waals surface area contributed by atoms with Gasteiger partial charge in [-0.3, -0.25) is 39.1 Å². The van der Waals surface area contributed by atoms with Crippen LogP contribution in [0.5, 0.6) is 0 Å². The normalized spacial score (nSPS) is 22.4. The molecule has 312 valence electrons. The molecule has 16 heteroatoms. The summed E-state index contributed by atoms with van der Waals surface area (Å²) in [4.78, 5) is 76.5. The molecule has 3 aliphatic heterocycles. The molecular formula is C44H48N8O7S. The van der Waals surface area contributed by atoms with Crippen molar-refractivity contribution in [2.24, 2.45) is 5.92 Å². The van der Waals surface area contributed by atoms with Crippen molar-refractivity contribution in [3.05, 3.63) is 81.6 Å². The number of thiazole rings is 1. The van der Waals surface area contributed by atoms with E-state index in [1.165, 1.54) is 6.07 Å². The number of nitrogens with one attached hydrogen (secondary N) is 3. The first-order chi connectivity index (χ1) is 28.9.